The summed E-state index contributed by atoms with van der Waals surface area (Å²) in [6, 6.07) is -0.381. The van der Waals surface area contributed by atoms with Crippen LogP contribution in [-0.4, -0.2) is 28.5 Å². The molecule has 1 aromatic rings. The Bertz CT molecular complexity index is 650. The number of fused-ring (bicyclic) bond motifs is 1. The zero-order valence-electron chi connectivity index (χ0n) is 10.0. The maximum Gasteiger partial charge on any atom is 0.243 e. The van der Waals surface area contributed by atoms with Crippen molar-refractivity contribution in [3.05, 3.63) is 25.5 Å². The van der Waals surface area contributed by atoms with E-state index in [-0.39, 0.29) is 17.9 Å². The summed E-state index contributed by atoms with van der Waals surface area (Å²) in [7, 11) is 0. The molecule has 2 atom stereocenters. The van der Waals surface area contributed by atoms with Crippen molar-refractivity contribution in [2.24, 2.45) is 5.92 Å². The van der Waals surface area contributed by atoms with Crippen LogP contribution in [0.25, 0.3) is 5.57 Å². The number of rotatable bonds is 1. The number of amides is 1. The van der Waals surface area contributed by atoms with Gasteiger partial charge in [0.25, 0.3) is 0 Å². The number of H-pyrrole nitrogens is 1. The van der Waals surface area contributed by atoms with Gasteiger partial charge < -0.3 is 21.4 Å². The third-order valence-electron chi connectivity index (χ3n) is 3.29. The quantitative estimate of drug-likeness (QED) is 0.473. The highest BCUT2D eigenvalue weighted by Gasteiger charge is 2.43. The Morgan fingerprint density at radius 1 is 1.35 bits per heavy atom. The second-order valence-corrected chi connectivity index (χ2v) is 7.08. The lowest BCUT2D eigenvalue weighted by molar-refractivity contribution is -0.122. The van der Waals surface area contributed by atoms with Crippen LogP contribution in [0.3, 0.4) is 0 Å². The Morgan fingerprint density at radius 3 is 2.75 bits per heavy atom. The molecule has 0 radical (unpaired) electrons. The normalized spacial score (nSPS) is 26.2. The summed E-state index contributed by atoms with van der Waals surface area (Å²) in [6.45, 7) is 0.430. The predicted octanol–water partition coefficient (Wildman–Crippen LogP) is 1.77. The van der Waals surface area contributed by atoms with Crippen molar-refractivity contribution in [2.45, 2.75) is 6.04 Å². The fraction of sp³-hybridized carbons (Fsp3) is 0.273. The van der Waals surface area contributed by atoms with E-state index in [1.54, 1.807) is 6.20 Å². The van der Waals surface area contributed by atoms with Gasteiger partial charge in [-0.1, -0.05) is 31.9 Å². The number of halogens is 3. The smallest absolute Gasteiger partial charge is 0.243 e. The SMILES string of the molecule is Nc1ncc(C2=C(Br)CNC(=O)C3NC(Br)=C(Br)C23)[nH]1. The first kappa shape index (κ1) is 14.2. The molecule has 0 aliphatic carbocycles. The Kier molecular flexibility index (Phi) is 3.67. The summed E-state index contributed by atoms with van der Waals surface area (Å²) < 4.78 is 2.55. The van der Waals surface area contributed by atoms with Crippen molar-refractivity contribution < 1.29 is 4.79 Å². The number of carbonyl (C=O) groups is 1. The van der Waals surface area contributed by atoms with E-state index in [0.29, 0.717) is 12.5 Å². The lowest BCUT2D eigenvalue weighted by Gasteiger charge is -2.19. The topological polar surface area (TPSA) is 95.8 Å². The van der Waals surface area contributed by atoms with E-state index in [0.717, 1.165) is 24.8 Å². The molecule has 3 heterocycles. The van der Waals surface area contributed by atoms with E-state index in [9.17, 15) is 4.79 Å². The van der Waals surface area contributed by atoms with E-state index in [1.807, 2.05) is 0 Å². The van der Waals surface area contributed by atoms with E-state index < -0.39 is 0 Å². The van der Waals surface area contributed by atoms with Gasteiger partial charge in [0.15, 0.2) is 5.95 Å². The second-order valence-electron chi connectivity index (χ2n) is 4.48. The van der Waals surface area contributed by atoms with Gasteiger partial charge in [0.05, 0.1) is 22.4 Å². The first-order valence-corrected chi connectivity index (χ1v) is 8.15. The van der Waals surface area contributed by atoms with Gasteiger partial charge >= 0.3 is 0 Å². The summed E-state index contributed by atoms with van der Waals surface area (Å²) in [5.41, 5.74) is 7.40. The largest absolute Gasteiger partial charge is 0.369 e. The molecule has 106 valence electrons. The van der Waals surface area contributed by atoms with Crippen molar-refractivity contribution in [2.75, 3.05) is 12.3 Å². The van der Waals surface area contributed by atoms with Gasteiger partial charge in [0.2, 0.25) is 5.91 Å². The van der Waals surface area contributed by atoms with Crippen LogP contribution in [0.4, 0.5) is 5.95 Å². The third-order valence-corrected chi connectivity index (χ3v) is 6.07. The molecule has 6 nitrogen and oxygen atoms in total. The molecule has 0 saturated heterocycles. The molecule has 2 aliphatic heterocycles. The molecule has 0 aromatic carbocycles. The molecule has 1 amide bonds. The molecule has 9 heteroatoms. The number of hydrogen-bond acceptors (Lipinski definition) is 4. The first-order chi connectivity index (χ1) is 9.49. The number of anilines is 1. The minimum atomic E-state index is -0.381. The fourth-order valence-corrected chi connectivity index (χ4v) is 4.11. The Balaban J connectivity index is 2.15. The molecular formula is C11H10Br3N5O. The number of nitrogens with two attached hydrogens (primary N) is 1. The number of aromatic amines is 1. The predicted molar refractivity (Wildman–Crippen MR) is 87.2 cm³/mol. The molecule has 0 fully saturated rings. The van der Waals surface area contributed by atoms with Gasteiger partial charge in [-0.15, -0.1) is 0 Å². The molecule has 0 spiro atoms. The number of nitrogen functional groups attached to an aromatic ring is 1. The van der Waals surface area contributed by atoms with Crippen LogP contribution >= 0.6 is 47.8 Å². The van der Waals surface area contributed by atoms with E-state index in [2.05, 4.69) is 68.4 Å². The summed E-state index contributed by atoms with van der Waals surface area (Å²) >= 11 is 10.5. The number of imidazole rings is 1. The van der Waals surface area contributed by atoms with E-state index in [4.69, 9.17) is 5.73 Å². The van der Waals surface area contributed by atoms with Crippen molar-refractivity contribution in [3.8, 4) is 0 Å². The molecule has 20 heavy (non-hydrogen) atoms. The minimum Gasteiger partial charge on any atom is -0.369 e. The summed E-state index contributed by atoms with van der Waals surface area (Å²) in [5.74, 6) is 0.139. The summed E-state index contributed by atoms with van der Waals surface area (Å²) in [4.78, 5) is 19.2. The summed E-state index contributed by atoms with van der Waals surface area (Å²) in [6.07, 6.45) is 1.67. The highest BCUT2D eigenvalue weighted by atomic mass is 79.9. The molecule has 1 aromatic heterocycles. The van der Waals surface area contributed by atoms with E-state index >= 15 is 0 Å². The second kappa shape index (κ2) is 5.19. The van der Waals surface area contributed by atoms with Crippen LogP contribution in [0.15, 0.2) is 19.8 Å². The maximum absolute atomic E-state index is 12.2. The van der Waals surface area contributed by atoms with Gasteiger partial charge in [0.1, 0.15) is 6.04 Å². The molecule has 5 N–H and O–H groups in total. The van der Waals surface area contributed by atoms with E-state index in [1.165, 1.54) is 0 Å². The minimum absolute atomic E-state index is 0.0548. The van der Waals surface area contributed by atoms with Crippen molar-refractivity contribution in [1.82, 2.24) is 20.6 Å². The van der Waals surface area contributed by atoms with Crippen LogP contribution in [-0.2, 0) is 4.79 Å². The highest BCUT2D eigenvalue weighted by Crippen LogP contribution is 2.44. The number of nitrogens with one attached hydrogen (secondary N) is 3. The van der Waals surface area contributed by atoms with Gasteiger partial charge in [0, 0.05) is 15.5 Å². The number of nitrogens with zero attached hydrogens (tertiary/aromatic N) is 1. The van der Waals surface area contributed by atoms with Gasteiger partial charge in [-0.25, -0.2) is 4.98 Å². The van der Waals surface area contributed by atoms with Crippen LogP contribution in [0.1, 0.15) is 5.69 Å². The highest BCUT2D eigenvalue weighted by molar-refractivity contribution is 9.14. The zero-order valence-corrected chi connectivity index (χ0v) is 14.8. The zero-order chi connectivity index (χ0) is 14.4. The van der Waals surface area contributed by atoms with Crippen LogP contribution in [0.2, 0.25) is 0 Å². The van der Waals surface area contributed by atoms with Crippen molar-refractivity contribution in [1.29, 1.82) is 0 Å². The van der Waals surface area contributed by atoms with Crippen LogP contribution in [0.5, 0.6) is 0 Å². The molecule has 0 saturated carbocycles. The Hall–Kier alpha value is -0.800. The van der Waals surface area contributed by atoms with Gasteiger partial charge in [-0.3, -0.25) is 4.79 Å². The van der Waals surface area contributed by atoms with Gasteiger partial charge in [-0.2, -0.15) is 0 Å². The lowest BCUT2D eigenvalue weighted by atomic mass is 9.91. The van der Waals surface area contributed by atoms with Crippen LogP contribution in [0, 0.1) is 5.92 Å². The summed E-state index contributed by atoms with van der Waals surface area (Å²) in [5, 5.41) is 6.01. The molecular weight excluding hydrogens is 458 g/mol. The number of carbonyl (C=O) groups excluding carboxylic acids is 1. The first-order valence-electron chi connectivity index (χ1n) is 5.78. The molecule has 2 aliphatic rings. The molecule has 2 unspecified atom stereocenters. The maximum atomic E-state index is 12.2. The number of aromatic nitrogens is 2. The molecule has 3 rings (SSSR count). The van der Waals surface area contributed by atoms with Gasteiger partial charge in [-0.05, 0) is 21.5 Å². The van der Waals surface area contributed by atoms with Crippen LogP contribution < -0.4 is 16.4 Å². The van der Waals surface area contributed by atoms with Crippen molar-refractivity contribution >= 4 is 65.2 Å². The fourth-order valence-electron chi connectivity index (χ4n) is 2.41. The standard InChI is InChI=1S/C11H10Br3N5O/c12-3-1-16-10(20)8-6(7(13)9(14)19-8)5(3)4-2-17-11(15)18-4/h2,6,8,19H,1H2,(H,16,20)(H3,15,17,18). The average molecular weight is 468 g/mol. The number of hydrogen-bond donors (Lipinski definition) is 4. The average Bonchev–Trinajstić information content (AvgIpc) is 2.91. The Morgan fingerprint density at radius 2 is 2.10 bits per heavy atom. The van der Waals surface area contributed by atoms with Crippen molar-refractivity contribution in [3.63, 3.8) is 0 Å². The molecule has 0 bridgehead atoms. The lowest BCUT2D eigenvalue weighted by Crippen LogP contribution is -2.43. The monoisotopic (exact) mass is 465 g/mol. The third kappa shape index (κ3) is 2.21. The Labute approximate surface area is 140 Å².